The van der Waals surface area contributed by atoms with Crippen molar-refractivity contribution in [2.45, 2.75) is 25.8 Å². The number of amides is 1. The number of nitrogens with zero attached hydrogens (tertiary/aromatic N) is 3. The maximum absolute atomic E-state index is 12.6. The Morgan fingerprint density at radius 1 is 1.43 bits per heavy atom. The molecule has 1 aliphatic rings. The molecule has 0 aliphatic carbocycles. The smallest absolute Gasteiger partial charge is 0.306 e. The van der Waals surface area contributed by atoms with Crippen molar-refractivity contribution in [1.29, 1.82) is 0 Å². The summed E-state index contributed by atoms with van der Waals surface area (Å²) in [6, 6.07) is 3.40. The molecule has 0 bridgehead atoms. The first-order valence-electron chi connectivity index (χ1n) is 7.07. The van der Waals surface area contributed by atoms with Gasteiger partial charge in [-0.25, -0.2) is 4.98 Å². The summed E-state index contributed by atoms with van der Waals surface area (Å²) in [5, 5.41) is 9.08. The van der Waals surface area contributed by atoms with Crippen molar-refractivity contribution in [2.75, 3.05) is 25.5 Å². The molecule has 6 heteroatoms. The number of aromatic nitrogens is 1. The zero-order chi connectivity index (χ0) is 15.6. The molecule has 2 atom stereocenters. The maximum atomic E-state index is 12.6. The standard InChI is InChI=1S/C15H21N3O3/c1-10-8-12(15(20)21)5-7-18(10)14(19)11-4-6-16-13(9-11)17(2)3/h4,6,9-10,12H,5,7-8H2,1-3H3,(H,20,21). The summed E-state index contributed by atoms with van der Waals surface area (Å²) in [6.45, 7) is 2.39. The molecule has 6 nitrogen and oxygen atoms in total. The van der Waals surface area contributed by atoms with Crippen LogP contribution in [0.5, 0.6) is 0 Å². The summed E-state index contributed by atoms with van der Waals surface area (Å²) in [5.74, 6) is -0.447. The molecule has 1 aromatic rings. The van der Waals surface area contributed by atoms with Crippen LogP contribution in [0.3, 0.4) is 0 Å². The van der Waals surface area contributed by atoms with Crippen LogP contribution in [0.25, 0.3) is 0 Å². The van der Waals surface area contributed by atoms with E-state index in [-0.39, 0.29) is 17.9 Å². The van der Waals surface area contributed by atoms with Crippen LogP contribution in [0, 0.1) is 5.92 Å². The van der Waals surface area contributed by atoms with Gasteiger partial charge in [-0.1, -0.05) is 0 Å². The number of hydrogen-bond acceptors (Lipinski definition) is 4. The minimum Gasteiger partial charge on any atom is -0.481 e. The largest absolute Gasteiger partial charge is 0.481 e. The summed E-state index contributed by atoms with van der Waals surface area (Å²) in [6.07, 6.45) is 2.64. The second-order valence-corrected chi connectivity index (χ2v) is 5.70. The third kappa shape index (κ3) is 3.32. The lowest BCUT2D eigenvalue weighted by Gasteiger charge is -2.36. The Kier molecular flexibility index (Phi) is 4.45. The molecular formula is C15H21N3O3. The highest BCUT2D eigenvalue weighted by atomic mass is 16.4. The van der Waals surface area contributed by atoms with E-state index >= 15 is 0 Å². The number of hydrogen-bond donors (Lipinski definition) is 1. The van der Waals surface area contributed by atoms with Gasteiger partial charge in [-0.3, -0.25) is 9.59 Å². The Labute approximate surface area is 124 Å². The van der Waals surface area contributed by atoms with Crippen LogP contribution in [-0.4, -0.2) is 53.5 Å². The number of anilines is 1. The van der Waals surface area contributed by atoms with E-state index in [2.05, 4.69) is 4.98 Å². The fourth-order valence-electron chi connectivity index (χ4n) is 2.66. The van der Waals surface area contributed by atoms with E-state index in [1.54, 1.807) is 23.2 Å². The Bertz CT molecular complexity index is 545. The predicted octanol–water partition coefficient (Wildman–Crippen LogP) is 1.47. The molecule has 1 aliphatic heterocycles. The van der Waals surface area contributed by atoms with Crippen molar-refractivity contribution in [2.24, 2.45) is 5.92 Å². The molecule has 1 aromatic heterocycles. The van der Waals surface area contributed by atoms with Gasteiger partial charge in [-0.15, -0.1) is 0 Å². The molecule has 0 radical (unpaired) electrons. The number of likely N-dealkylation sites (tertiary alicyclic amines) is 1. The van der Waals surface area contributed by atoms with E-state index in [9.17, 15) is 9.59 Å². The fourth-order valence-corrected chi connectivity index (χ4v) is 2.66. The Balaban J connectivity index is 2.13. The molecule has 0 spiro atoms. The van der Waals surface area contributed by atoms with Crippen molar-refractivity contribution >= 4 is 17.7 Å². The first kappa shape index (κ1) is 15.3. The second kappa shape index (κ2) is 6.11. The number of pyridine rings is 1. The van der Waals surface area contributed by atoms with Crippen molar-refractivity contribution in [1.82, 2.24) is 9.88 Å². The summed E-state index contributed by atoms with van der Waals surface area (Å²) >= 11 is 0. The molecule has 21 heavy (non-hydrogen) atoms. The van der Waals surface area contributed by atoms with Gasteiger partial charge >= 0.3 is 5.97 Å². The average Bonchev–Trinajstić information content (AvgIpc) is 2.46. The molecule has 2 heterocycles. The second-order valence-electron chi connectivity index (χ2n) is 5.70. The van der Waals surface area contributed by atoms with Gasteiger partial charge in [0.05, 0.1) is 5.92 Å². The average molecular weight is 291 g/mol. The lowest BCUT2D eigenvalue weighted by molar-refractivity contribution is -0.143. The van der Waals surface area contributed by atoms with Crippen LogP contribution in [0.1, 0.15) is 30.1 Å². The first-order valence-corrected chi connectivity index (χ1v) is 7.07. The lowest BCUT2D eigenvalue weighted by Crippen LogP contribution is -2.46. The zero-order valence-electron chi connectivity index (χ0n) is 12.6. The van der Waals surface area contributed by atoms with E-state index < -0.39 is 5.97 Å². The van der Waals surface area contributed by atoms with Crippen LogP contribution < -0.4 is 4.90 Å². The number of carbonyl (C=O) groups excluding carboxylic acids is 1. The van der Waals surface area contributed by atoms with Gasteiger partial charge in [0, 0.05) is 38.4 Å². The van der Waals surface area contributed by atoms with Crippen molar-refractivity contribution in [3.63, 3.8) is 0 Å². The summed E-state index contributed by atoms with van der Waals surface area (Å²) in [5.41, 5.74) is 0.592. The number of rotatable bonds is 3. The third-order valence-corrected chi connectivity index (χ3v) is 3.94. The number of carbonyl (C=O) groups is 2. The van der Waals surface area contributed by atoms with Gasteiger partial charge in [-0.2, -0.15) is 0 Å². The molecule has 1 amide bonds. The van der Waals surface area contributed by atoms with Crippen molar-refractivity contribution < 1.29 is 14.7 Å². The molecule has 2 rings (SSSR count). The van der Waals surface area contributed by atoms with Crippen molar-refractivity contribution in [3.8, 4) is 0 Å². The molecular weight excluding hydrogens is 270 g/mol. The quantitative estimate of drug-likeness (QED) is 0.913. The van der Waals surface area contributed by atoms with E-state index in [0.29, 0.717) is 24.9 Å². The van der Waals surface area contributed by atoms with E-state index in [1.165, 1.54) is 0 Å². The molecule has 2 unspecified atom stereocenters. The van der Waals surface area contributed by atoms with E-state index in [4.69, 9.17) is 5.11 Å². The highest BCUT2D eigenvalue weighted by Gasteiger charge is 2.32. The van der Waals surface area contributed by atoms with E-state index in [0.717, 1.165) is 5.82 Å². The highest BCUT2D eigenvalue weighted by Crippen LogP contribution is 2.25. The number of aliphatic carboxylic acids is 1. The first-order chi connectivity index (χ1) is 9.90. The van der Waals surface area contributed by atoms with Gasteiger partial charge in [0.25, 0.3) is 5.91 Å². The Morgan fingerprint density at radius 3 is 2.71 bits per heavy atom. The summed E-state index contributed by atoms with van der Waals surface area (Å²) in [4.78, 5) is 31.4. The van der Waals surface area contributed by atoms with Crippen LogP contribution in [-0.2, 0) is 4.79 Å². The normalized spacial score (nSPS) is 22.0. The molecule has 1 fully saturated rings. The van der Waals surface area contributed by atoms with Gasteiger partial charge in [0.2, 0.25) is 0 Å². The fraction of sp³-hybridized carbons (Fsp3) is 0.533. The minimum absolute atomic E-state index is 0.0585. The number of carboxylic acids is 1. The third-order valence-electron chi connectivity index (χ3n) is 3.94. The zero-order valence-corrected chi connectivity index (χ0v) is 12.6. The monoisotopic (exact) mass is 291 g/mol. The van der Waals surface area contributed by atoms with Gasteiger partial charge in [-0.05, 0) is 31.9 Å². The van der Waals surface area contributed by atoms with Gasteiger partial charge in [0.15, 0.2) is 0 Å². The number of piperidine rings is 1. The van der Waals surface area contributed by atoms with Crippen LogP contribution >= 0.6 is 0 Å². The molecule has 114 valence electrons. The molecule has 0 aromatic carbocycles. The van der Waals surface area contributed by atoms with Crippen LogP contribution in [0.4, 0.5) is 5.82 Å². The topological polar surface area (TPSA) is 73.7 Å². The lowest BCUT2D eigenvalue weighted by atomic mass is 9.91. The van der Waals surface area contributed by atoms with Gasteiger partial charge < -0.3 is 14.9 Å². The van der Waals surface area contributed by atoms with Crippen molar-refractivity contribution in [3.05, 3.63) is 23.9 Å². The van der Waals surface area contributed by atoms with E-state index in [1.807, 2.05) is 25.9 Å². The molecule has 1 saturated heterocycles. The summed E-state index contributed by atoms with van der Waals surface area (Å²) < 4.78 is 0. The maximum Gasteiger partial charge on any atom is 0.306 e. The van der Waals surface area contributed by atoms with Crippen LogP contribution in [0.15, 0.2) is 18.3 Å². The summed E-state index contributed by atoms with van der Waals surface area (Å²) in [7, 11) is 3.75. The Morgan fingerprint density at radius 2 is 2.14 bits per heavy atom. The van der Waals surface area contributed by atoms with Gasteiger partial charge in [0.1, 0.15) is 5.82 Å². The predicted molar refractivity (Wildman–Crippen MR) is 79.4 cm³/mol. The Hall–Kier alpha value is -2.11. The highest BCUT2D eigenvalue weighted by molar-refractivity contribution is 5.95. The van der Waals surface area contributed by atoms with Crippen LogP contribution in [0.2, 0.25) is 0 Å². The molecule has 1 N–H and O–H groups in total. The number of carboxylic acid groups (broad SMARTS) is 1. The molecule has 0 saturated carbocycles. The SMILES string of the molecule is CC1CC(C(=O)O)CCN1C(=O)c1ccnc(N(C)C)c1. The minimum atomic E-state index is -0.771.